The van der Waals surface area contributed by atoms with Crippen molar-refractivity contribution in [1.82, 2.24) is 0 Å². The zero-order chi connectivity index (χ0) is 11.5. The van der Waals surface area contributed by atoms with Crippen molar-refractivity contribution in [3.05, 3.63) is 0 Å². The normalized spacial score (nSPS) is 12.7. The lowest BCUT2D eigenvalue weighted by Crippen LogP contribution is -2.10. The molecule has 0 bridgehead atoms. The molecule has 3 nitrogen and oxygen atoms in total. The molecule has 0 amide bonds. The Balaban J connectivity index is 3.02. The van der Waals surface area contributed by atoms with E-state index in [9.17, 15) is 4.79 Å². The van der Waals surface area contributed by atoms with Crippen molar-refractivity contribution in [2.24, 2.45) is 0 Å². The van der Waals surface area contributed by atoms with Crippen LogP contribution in [0, 0.1) is 0 Å². The summed E-state index contributed by atoms with van der Waals surface area (Å²) in [5.74, 6) is 0.279. The summed E-state index contributed by atoms with van der Waals surface area (Å²) in [6, 6.07) is 0. The van der Waals surface area contributed by atoms with E-state index in [2.05, 4.69) is 0 Å². The Labute approximate surface area is 92.5 Å². The maximum absolute atomic E-state index is 10.6. The Bertz CT molecular complexity index is 157. The number of aliphatic hydroxyl groups excluding tert-OH is 2. The molecule has 0 spiro atoms. The van der Waals surface area contributed by atoms with Crippen LogP contribution < -0.4 is 0 Å². The molecule has 0 aromatic heterocycles. The van der Waals surface area contributed by atoms with Crippen LogP contribution in [0.4, 0.5) is 0 Å². The molecule has 0 saturated heterocycles. The molecule has 15 heavy (non-hydrogen) atoms. The van der Waals surface area contributed by atoms with E-state index in [1.54, 1.807) is 6.92 Å². The Morgan fingerprint density at radius 1 is 1.07 bits per heavy atom. The lowest BCUT2D eigenvalue weighted by atomic mass is 10.1. The first-order valence-corrected chi connectivity index (χ1v) is 5.95. The number of unbranched alkanes of at least 4 members (excludes halogenated alkanes) is 5. The van der Waals surface area contributed by atoms with Crippen LogP contribution in [0.15, 0.2) is 0 Å². The van der Waals surface area contributed by atoms with Crippen molar-refractivity contribution in [3.8, 4) is 0 Å². The van der Waals surface area contributed by atoms with Crippen LogP contribution in [0.25, 0.3) is 0 Å². The number of carbonyl (C=O) groups is 1. The van der Waals surface area contributed by atoms with Gasteiger partial charge in [0, 0.05) is 6.42 Å². The van der Waals surface area contributed by atoms with E-state index in [1.807, 2.05) is 0 Å². The highest BCUT2D eigenvalue weighted by atomic mass is 16.3. The van der Waals surface area contributed by atoms with Crippen LogP contribution in [0.1, 0.15) is 58.3 Å². The van der Waals surface area contributed by atoms with Crippen molar-refractivity contribution in [2.45, 2.75) is 64.4 Å². The largest absolute Gasteiger partial charge is 0.394 e. The fraction of sp³-hybridized carbons (Fsp3) is 0.917. The van der Waals surface area contributed by atoms with Gasteiger partial charge >= 0.3 is 0 Å². The second-order valence-corrected chi connectivity index (χ2v) is 4.20. The fourth-order valence-electron chi connectivity index (χ4n) is 1.55. The van der Waals surface area contributed by atoms with Crippen LogP contribution in [-0.2, 0) is 4.79 Å². The van der Waals surface area contributed by atoms with Crippen LogP contribution >= 0.6 is 0 Å². The van der Waals surface area contributed by atoms with Gasteiger partial charge in [-0.2, -0.15) is 0 Å². The van der Waals surface area contributed by atoms with Crippen LogP contribution in [-0.4, -0.2) is 28.7 Å². The molecule has 0 saturated carbocycles. The van der Waals surface area contributed by atoms with Gasteiger partial charge in [0.2, 0.25) is 0 Å². The van der Waals surface area contributed by atoms with Gasteiger partial charge < -0.3 is 15.0 Å². The lowest BCUT2D eigenvalue weighted by molar-refractivity contribution is -0.117. The minimum atomic E-state index is -0.539. The number of carbonyl (C=O) groups excluding carboxylic acids is 1. The average Bonchev–Trinajstić information content (AvgIpc) is 2.21. The molecule has 0 aliphatic heterocycles. The van der Waals surface area contributed by atoms with E-state index in [0.717, 1.165) is 32.1 Å². The predicted molar refractivity (Wildman–Crippen MR) is 60.7 cm³/mol. The SMILES string of the molecule is CC(=O)CCCCCCCC[C@@H](O)CO. The van der Waals surface area contributed by atoms with E-state index < -0.39 is 6.10 Å². The smallest absolute Gasteiger partial charge is 0.129 e. The van der Waals surface area contributed by atoms with E-state index in [4.69, 9.17) is 10.2 Å². The van der Waals surface area contributed by atoms with Gasteiger partial charge in [-0.1, -0.05) is 32.1 Å². The summed E-state index contributed by atoms with van der Waals surface area (Å²) in [5, 5.41) is 17.6. The van der Waals surface area contributed by atoms with E-state index >= 15 is 0 Å². The molecule has 0 fully saturated rings. The minimum Gasteiger partial charge on any atom is -0.394 e. The quantitative estimate of drug-likeness (QED) is 0.549. The molecule has 0 aromatic rings. The summed E-state index contributed by atoms with van der Waals surface area (Å²) in [7, 11) is 0. The van der Waals surface area contributed by atoms with Gasteiger partial charge in [0.1, 0.15) is 5.78 Å². The summed E-state index contributed by atoms with van der Waals surface area (Å²) < 4.78 is 0. The van der Waals surface area contributed by atoms with Gasteiger partial charge in [-0.15, -0.1) is 0 Å². The standard InChI is InChI=1S/C12H24O3/c1-11(14)8-6-4-2-3-5-7-9-12(15)10-13/h12-13,15H,2-10H2,1H3/t12-/m1/s1. The second kappa shape index (κ2) is 10.1. The number of ketones is 1. The Morgan fingerprint density at radius 3 is 2.13 bits per heavy atom. The van der Waals surface area contributed by atoms with E-state index in [-0.39, 0.29) is 12.4 Å². The van der Waals surface area contributed by atoms with Crippen molar-refractivity contribution in [2.75, 3.05) is 6.61 Å². The highest BCUT2D eigenvalue weighted by Gasteiger charge is 2.00. The fourth-order valence-corrected chi connectivity index (χ4v) is 1.55. The Hall–Kier alpha value is -0.410. The first-order chi connectivity index (χ1) is 7.16. The van der Waals surface area contributed by atoms with Gasteiger partial charge in [-0.25, -0.2) is 0 Å². The molecule has 0 aliphatic rings. The van der Waals surface area contributed by atoms with Crippen LogP contribution in [0.2, 0.25) is 0 Å². The summed E-state index contributed by atoms with van der Waals surface area (Å²) in [4.78, 5) is 10.6. The number of rotatable bonds is 10. The van der Waals surface area contributed by atoms with E-state index in [1.165, 1.54) is 6.42 Å². The van der Waals surface area contributed by atoms with Crippen molar-refractivity contribution < 1.29 is 15.0 Å². The van der Waals surface area contributed by atoms with Crippen molar-refractivity contribution in [3.63, 3.8) is 0 Å². The minimum absolute atomic E-state index is 0.126. The molecule has 3 heteroatoms. The molecule has 0 radical (unpaired) electrons. The molecule has 0 rings (SSSR count). The van der Waals surface area contributed by atoms with Gasteiger partial charge in [-0.3, -0.25) is 0 Å². The molecule has 0 heterocycles. The number of aliphatic hydroxyl groups is 2. The van der Waals surface area contributed by atoms with Crippen molar-refractivity contribution in [1.29, 1.82) is 0 Å². The topological polar surface area (TPSA) is 57.5 Å². The lowest BCUT2D eigenvalue weighted by Gasteiger charge is -2.05. The summed E-state index contributed by atoms with van der Waals surface area (Å²) in [6.07, 6.45) is 7.43. The first kappa shape index (κ1) is 14.6. The monoisotopic (exact) mass is 216 g/mol. The Kier molecular flexibility index (Phi) is 9.84. The van der Waals surface area contributed by atoms with Crippen LogP contribution in [0.3, 0.4) is 0 Å². The number of hydrogen-bond donors (Lipinski definition) is 2. The maximum Gasteiger partial charge on any atom is 0.129 e. The van der Waals surface area contributed by atoms with E-state index in [0.29, 0.717) is 12.8 Å². The third-order valence-corrected chi connectivity index (χ3v) is 2.53. The number of Topliss-reactive ketones (excluding diaryl/α,β-unsaturated/α-hetero) is 1. The average molecular weight is 216 g/mol. The van der Waals surface area contributed by atoms with Crippen molar-refractivity contribution >= 4 is 5.78 Å². The Morgan fingerprint density at radius 2 is 1.60 bits per heavy atom. The second-order valence-electron chi connectivity index (χ2n) is 4.20. The molecule has 2 N–H and O–H groups in total. The van der Waals surface area contributed by atoms with Crippen LogP contribution in [0.5, 0.6) is 0 Å². The highest BCUT2D eigenvalue weighted by molar-refractivity contribution is 5.75. The maximum atomic E-state index is 10.6. The molecular weight excluding hydrogens is 192 g/mol. The zero-order valence-corrected chi connectivity index (χ0v) is 9.74. The number of hydrogen-bond acceptors (Lipinski definition) is 3. The third-order valence-electron chi connectivity index (χ3n) is 2.53. The highest BCUT2D eigenvalue weighted by Crippen LogP contribution is 2.09. The van der Waals surface area contributed by atoms with Gasteiger partial charge in [-0.05, 0) is 19.8 Å². The molecule has 1 atom stereocenters. The van der Waals surface area contributed by atoms with Gasteiger partial charge in [0.15, 0.2) is 0 Å². The summed E-state index contributed by atoms with van der Waals surface area (Å²) in [6.45, 7) is 1.51. The molecule has 0 aromatic carbocycles. The predicted octanol–water partition coefficient (Wildman–Crippen LogP) is 2.05. The molecule has 0 aliphatic carbocycles. The first-order valence-electron chi connectivity index (χ1n) is 5.95. The van der Waals surface area contributed by atoms with Gasteiger partial charge in [0.05, 0.1) is 12.7 Å². The summed E-state index contributed by atoms with van der Waals surface area (Å²) in [5.41, 5.74) is 0. The van der Waals surface area contributed by atoms with Gasteiger partial charge in [0.25, 0.3) is 0 Å². The summed E-state index contributed by atoms with van der Waals surface area (Å²) >= 11 is 0. The zero-order valence-electron chi connectivity index (χ0n) is 9.74. The molecule has 90 valence electrons. The third kappa shape index (κ3) is 11.5. The molecular formula is C12H24O3. The molecule has 0 unspecified atom stereocenters.